The quantitative estimate of drug-likeness (QED) is 0.552. The Labute approximate surface area is 181 Å². The maximum absolute atomic E-state index is 12.6. The number of carbonyl (C=O) groups excluding carboxylic acids is 2. The number of anilines is 1. The number of hydrogen-bond donors (Lipinski definition) is 2. The highest BCUT2D eigenvalue weighted by molar-refractivity contribution is 6.30. The molecule has 3 aromatic rings. The Morgan fingerprint density at radius 3 is 2.33 bits per heavy atom. The first kappa shape index (κ1) is 21.4. The van der Waals surface area contributed by atoms with Gasteiger partial charge < -0.3 is 15.4 Å². The average molecular weight is 423 g/mol. The summed E-state index contributed by atoms with van der Waals surface area (Å²) in [4.78, 5) is 25.2. The van der Waals surface area contributed by atoms with Crippen molar-refractivity contribution < 1.29 is 14.3 Å². The van der Waals surface area contributed by atoms with Crippen molar-refractivity contribution in [3.63, 3.8) is 0 Å². The molecule has 0 fully saturated rings. The summed E-state index contributed by atoms with van der Waals surface area (Å²) in [7, 11) is 0. The first-order valence-electron chi connectivity index (χ1n) is 9.67. The van der Waals surface area contributed by atoms with E-state index in [-0.39, 0.29) is 11.8 Å². The molecule has 0 saturated heterocycles. The number of rotatable bonds is 8. The van der Waals surface area contributed by atoms with E-state index in [1.165, 1.54) is 0 Å². The molecule has 0 aliphatic rings. The van der Waals surface area contributed by atoms with E-state index in [2.05, 4.69) is 10.6 Å². The summed E-state index contributed by atoms with van der Waals surface area (Å²) in [6, 6.07) is 23.6. The molecule has 30 heavy (non-hydrogen) atoms. The highest BCUT2D eigenvalue weighted by atomic mass is 35.5. The largest absolute Gasteiger partial charge is 0.481 e. The van der Waals surface area contributed by atoms with Gasteiger partial charge in [-0.15, -0.1) is 0 Å². The van der Waals surface area contributed by atoms with Crippen molar-refractivity contribution in [3.8, 4) is 5.75 Å². The van der Waals surface area contributed by atoms with Crippen LogP contribution in [-0.2, 0) is 11.2 Å². The Balaban J connectivity index is 1.58. The third-order valence-electron chi connectivity index (χ3n) is 4.47. The van der Waals surface area contributed by atoms with Crippen LogP contribution in [-0.4, -0.2) is 24.5 Å². The molecule has 3 rings (SSSR count). The van der Waals surface area contributed by atoms with Gasteiger partial charge in [0.25, 0.3) is 11.8 Å². The molecular formula is C24H23ClN2O3. The SMILES string of the molecule is C[C@H](Oc1ccc(Cl)cc1)C(=O)Nc1ccccc1C(=O)NCCc1ccccc1. The van der Waals surface area contributed by atoms with E-state index in [9.17, 15) is 9.59 Å². The van der Waals surface area contributed by atoms with Crippen molar-refractivity contribution in [1.29, 1.82) is 0 Å². The van der Waals surface area contributed by atoms with E-state index < -0.39 is 6.10 Å². The fourth-order valence-corrected chi connectivity index (χ4v) is 2.98. The van der Waals surface area contributed by atoms with Gasteiger partial charge in [-0.1, -0.05) is 54.1 Å². The van der Waals surface area contributed by atoms with Gasteiger partial charge in [0, 0.05) is 11.6 Å². The van der Waals surface area contributed by atoms with Gasteiger partial charge in [0.05, 0.1) is 11.3 Å². The Bertz CT molecular complexity index is 991. The standard InChI is InChI=1S/C24H23ClN2O3/c1-17(30-20-13-11-19(25)12-14-20)23(28)27-22-10-6-5-9-21(22)24(29)26-16-15-18-7-3-2-4-8-18/h2-14,17H,15-16H2,1H3,(H,26,29)(H,27,28)/t17-/m0/s1. The highest BCUT2D eigenvalue weighted by Gasteiger charge is 2.18. The summed E-state index contributed by atoms with van der Waals surface area (Å²) in [5, 5.41) is 6.27. The van der Waals surface area contributed by atoms with Crippen molar-refractivity contribution in [2.75, 3.05) is 11.9 Å². The molecule has 0 heterocycles. The molecule has 1 atom stereocenters. The van der Waals surface area contributed by atoms with Gasteiger partial charge in [0.2, 0.25) is 0 Å². The molecule has 0 bridgehead atoms. The lowest BCUT2D eigenvalue weighted by Crippen LogP contribution is -2.32. The van der Waals surface area contributed by atoms with E-state index >= 15 is 0 Å². The van der Waals surface area contributed by atoms with E-state index in [1.807, 2.05) is 30.3 Å². The van der Waals surface area contributed by atoms with Gasteiger partial charge in [-0.3, -0.25) is 9.59 Å². The fourth-order valence-electron chi connectivity index (χ4n) is 2.86. The summed E-state index contributed by atoms with van der Waals surface area (Å²) in [6.45, 7) is 2.15. The first-order valence-corrected chi connectivity index (χ1v) is 10.0. The molecule has 2 amide bonds. The molecular weight excluding hydrogens is 400 g/mol. The molecule has 0 aliphatic carbocycles. The molecule has 0 radical (unpaired) electrons. The van der Waals surface area contributed by atoms with Crippen molar-refractivity contribution in [3.05, 3.63) is 95.0 Å². The Hall–Kier alpha value is -3.31. The topological polar surface area (TPSA) is 67.4 Å². The van der Waals surface area contributed by atoms with Crippen LogP contribution in [0.25, 0.3) is 0 Å². The van der Waals surface area contributed by atoms with Gasteiger partial charge in [-0.25, -0.2) is 0 Å². The maximum Gasteiger partial charge on any atom is 0.265 e. The Morgan fingerprint density at radius 2 is 1.60 bits per heavy atom. The van der Waals surface area contributed by atoms with E-state index in [4.69, 9.17) is 16.3 Å². The second-order valence-electron chi connectivity index (χ2n) is 6.74. The van der Waals surface area contributed by atoms with E-state index in [0.29, 0.717) is 28.6 Å². The molecule has 0 aromatic heterocycles. The van der Waals surface area contributed by atoms with Crippen LogP contribution in [0, 0.1) is 0 Å². The van der Waals surface area contributed by atoms with Crippen LogP contribution in [0.4, 0.5) is 5.69 Å². The second kappa shape index (κ2) is 10.5. The van der Waals surface area contributed by atoms with Gasteiger partial charge in [0.1, 0.15) is 5.75 Å². The predicted molar refractivity (Wildman–Crippen MR) is 119 cm³/mol. The van der Waals surface area contributed by atoms with Crippen LogP contribution in [0.3, 0.4) is 0 Å². The van der Waals surface area contributed by atoms with Crippen LogP contribution in [0.1, 0.15) is 22.8 Å². The van der Waals surface area contributed by atoms with Crippen molar-refractivity contribution in [1.82, 2.24) is 5.32 Å². The maximum atomic E-state index is 12.6. The molecule has 0 saturated carbocycles. The number of halogens is 1. The van der Waals surface area contributed by atoms with Gasteiger partial charge in [-0.2, -0.15) is 0 Å². The zero-order valence-corrected chi connectivity index (χ0v) is 17.4. The fraction of sp³-hybridized carbons (Fsp3) is 0.167. The van der Waals surface area contributed by atoms with E-state index in [1.54, 1.807) is 55.5 Å². The molecule has 6 heteroatoms. The lowest BCUT2D eigenvalue weighted by atomic mass is 10.1. The number of hydrogen-bond acceptors (Lipinski definition) is 3. The Morgan fingerprint density at radius 1 is 0.933 bits per heavy atom. The number of amides is 2. The second-order valence-corrected chi connectivity index (χ2v) is 7.18. The van der Waals surface area contributed by atoms with E-state index in [0.717, 1.165) is 12.0 Å². The summed E-state index contributed by atoms with van der Waals surface area (Å²) in [5.41, 5.74) is 1.98. The smallest absolute Gasteiger partial charge is 0.265 e. The lowest BCUT2D eigenvalue weighted by Gasteiger charge is -2.16. The lowest BCUT2D eigenvalue weighted by molar-refractivity contribution is -0.122. The first-order chi connectivity index (χ1) is 14.5. The molecule has 3 aromatic carbocycles. The van der Waals surface area contributed by atoms with Crippen molar-refractivity contribution in [2.45, 2.75) is 19.4 Å². The number of benzene rings is 3. The number of para-hydroxylation sites is 1. The summed E-state index contributed by atoms with van der Waals surface area (Å²) < 4.78 is 5.65. The average Bonchev–Trinajstić information content (AvgIpc) is 2.76. The molecule has 5 nitrogen and oxygen atoms in total. The number of ether oxygens (including phenoxy) is 1. The van der Waals surface area contributed by atoms with Crippen LogP contribution in [0.15, 0.2) is 78.9 Å². The highest BCUT2D eigenvalue weighted by Crippen LogP contribution is 2.19. The molecule has 154 valence electrons. The zero-order chi connectivity index (χ0) is 21.3. The summed E-state index contributed by atoms with van der Waals surface area (Å²) in [6.07, 6.45) is -0.0204. The summed E-state index contributed by atoms with van der Waals surface area (Å²) >= 11 is 5.86. The molecule has 0 spiro atoms. The molecule has 2 N–H and O–H groups in total. The molecule has 0 aliphatic heterocycles. The van der Waals surface area contributed by atoms with Crippen LogP contribution >= 0.6 is 11.6 Å². The zero-order valence-electron chi connectivity index (χ0n) is 16.6. The predicted octanol–water partition coefficient (Wildman–Crippen LogP) is 4.72. The monoisotopic (exact) mass is 422 g/mol. The van der Waals surface area contributed by atoms with Crippen LogP contribution < -0.4 is 15.4 Å². The summed E-state index contributed by atoms with van der Waals surface area (Å²) in [5.74, 6) is -0.0587. The van der Waals surface area contributed by atoms with Crippen LogP contribution in [0.2, 0.25) is 5.02 Å². The third kappa shape index (κ3) is 6.09. The third-order valence-corrected chi connectivity index (χ3v) is 4.72. The number of carbonyl (C=O) groups is 2. The minimum Gasteiger partial charge on any atom is -0.481 e. The van der Waals surface area contributed by atoms with Crippen molar-refractivity contribution >= 4 is 29.1 Å². The molecule has 0 unspecified atom stereocenters. The minimum absolute atomic E-state index is 0.242. The van der Waals surface area contributed by atoms with Crippen molar-refractivity contribution in [2.24, 2.45) is 0 Å². The van der Waals surface area contributed by atoms with Gasteiger partial charge in [-0.05, 0) is 55.3 Å². The normalized spacial score (nSPS) is 11.4. The number of nitrogens with one attached hydrogen (secondary N) is 2. The van der Waals surface area contributed by atoms with Gasteiger partial charge >= 0.3 is 0 Å². The van der Waals surface area contributed by atoms with Gasteiger partial charge in [0.15, 0.2) is 6.10 Å². The van der Waals surface area contributed by atoms with Crippen LogP contribution in [0.5, 0.6) is 5.75 Å². The Kier molecular flexibility index (Phi) is 7.46. The minimum atomic E-state index is -0.750.